The van der Waals surface area contributed by atoms with Crippen molar-refractivity contribution in [2.45, 2.75) is 115 Å². The Bertz CT molecular complexity index is 1770. The number of rotatable bonds is 18. The normalized spacial score (nSPS) is 23.7. The summed E-state index contributed by atoms with van der Waals surface area (Å²) in [5, 5.41) is 7.00. The Morgan fingerprint density at radius 3 is 1.61 bits per heavy atom. The molecule has 9 atom stereocenters. The summed E-state index contributed by atoms with van der Waals surface area (Å²) in [6.07, 6.45) is 12.4. The fourth-order valence-corrected chi connectivity index (χ4v) is 8.66. The molecule has 2 saturated carbocycles. The summed E-state index contributed by atoms with van der Waals surface area (Å²) in [6.45, 7) is 6.24. The van der Waals surface area contributed by atoms with E-state index in [1.54, 1.807) is 61.7 Å². The van der Waals surface area contributed by atoms with E-state index in [-0.39, 0.29) is 86.5 Å². The molecule has 17 heteroatoms. The minimum atomic E-state index is -0.511. The smallest absolute Gasteiger partial charge is 1.00 e. The van der Waals surface area contributed by atoms with Gasteiger partial charge in [0.1, 0.15) is 36.5 Å². The Kier molecular flexibility index (Phi) is 29.1. The zero-order valence-electron chi connectivity index (χ0n) is 38.9. The van der Waals surface area contributed by atoms with E-state index in [0.717, 1.165) is 45.5 Å². The molecule has 5 unspecified atom stereocenters. The van der Waals surface area contributed by atoms with E-state index in [2.05, 4.69) is 13.8 Å². The molecule has 2 aliphatic heterocycles. The van der Waals surface area contributed by atoms with Gasteiger partial charge in [0.15, 0.2) is 5.78 Å². The molecule has 64 heavy (non-hydrogen) atoms. The maximum atomic E-state index is 12.4. The second-order valence-corrected chi connectivity index (χ2v) is 17.4. The van der Waals surface area contributed by atoms with Gasteiger partial charge in [-0.05, 0) is 49.8 Å². The summed E-state index contributed by atoms with van der Waals surface area (Å²) < 4.78 is 26.7. The molecular weight excluding hydrogens is 842 g/mol. The van der Waals surface area contributed by atoms with Crippen LogP contribution in [0, 0.1) is 33.6 Å². The number of unbranched alkanes of at least 4 members (excludes halogenated alkanes) is 4. The number of hydrogen-bond donors (Lipinski definition) is 1. The predicted molar refractivity (Wildman–Crippen MR) is 238 cm³/mol. The fourth-order valence-electron chi connectivity index (χ4n) is 7.88. The molecule has 15 nitrogen and oxygen atoms in total. The summed E-state index contributed by atoms with van der Waals surface area (Å²) in [4.78, 5) is 95.8. The second kappa shape index (κ2) is 32.3. The largest absolute Gasteiger partial charge is 1.00 e. The van der Waals surface area contributed by atoms with Crippen LogP contribution < -0.4 is 18.9 Å². The minimum Gasteiger partial charge on any atom is -1.00 e. The Morgan fingerprint density at radius 1 is 0.734 bits per heavy atom. The Hall–Kier alpha value is -4.38. The summed E-state index contributed by atoms with van der Waals surface area (Å²) in [6, 6.07) is 17.5. The number of esters is 4. The third kappa shape index (κ3) is 19.0. The summed E-state index contributed by atoms with van der Waals surface area (Å²) in [5.41, 5.74) is 0.941. The maximum absolute atomic E-state index is 12.4. The molecule has 0 aromatic heterocycles. The Morgan fingerprint density at radius 2 is 1.17 bits per heavy atom. The minimum absolute atomic E-state index is 0. The molecule has 0 bridgehead atoms. The van der Waals surface area contributed by atoms with Crippen LogP contribution in [0.5, 0.6) is 0 Å². The van der Waals surface area contributed by atoms with E-state index in [1.165, 1.54) is 12.8 Å². The number of aldehydes is 1. The maximum Gasteiger partial charge on any atom is 1.00 e. The van der Waals surface area contributed by atoms with Crippen LogP contribution in [0.4, 0.5) is 0 Å². The SMILES string of the molecule is CCCCCC(=O)/C=C/[C@H]1C(OC(=O)c2ccccc2)CC2OC(=O)C[C@@H]21.CCCCCC(=O)CP(C)OC.CO.O=C[C@H]1C(OC(=O)c2ccccc2)CC2OC(=O)C[C@@H]21.O=O.[H-].[Li+]. The number of carbonyl (C=O) groups excluding carboxylic acids is 7. The number of fused-ring (bicyclic) bond motifs is 2. The Balaban J connectivity index is 0.000000954. The van der Waals surface area contributed by atoms with Gasteiger partial charge in [-0.15, -0.1) is 0 Å². The molecule has 4 aliphatic rings. The molecule has 2 aromatic carbocycles. The number of hydrogen-bond acceptors (Lipinski definition) is 15. The van der Waals surface area contributed by atoms with Crippen molar-refractivity contribution in [3.05, 3.63) is 93.9 Å². The molecule has 0 radical (unpaired) electrons. The number of carbonyl (C=O) groups is 7. The van der Waals surface area contributed by atoms with Crippen molar-refractivity contribution in [2.75, 3.05) is 27.0 Å². The van der Waals surface area contributed by atoms with Gasteiger partial charge in [0.25, 0.3) is 0 Å². The number of ketones is 2. The third-order valence-electron chi connectivity index (χ3n) is 11.1. The van der Waals surface area contributed by atoms with Crippen molar-refractivity contribution >= 4 is 49.9 Å². The van der Waals surface area contributed by atoms with Gasteiger partial charge in [-0.3, -0.25) is 19.2 Å². The Labute approximate surface area is 390 Å². The van der Waals surface area contributed by atoms with Crippen LogP contribution in [-0.4, -0.2) is 98.3 Å². The molecule has 4 fully saturated rings. The zero-order valence-corrected chi connectivity index (χ0v) is 38.8. The van der Waals surface area contributed by atoms with Gasteiger partial charge in [-0.25, -0.2) is 9.59 Å². The number of Topliss-reactive ketones (excluding diaryl/α,β-unsaturated/α-hetero) is 1. The van der Waals surface area contributed by atoms with E-state index >= 15 is 0 Å². The van der Waals surface area contributed by atoms with Crippen molar-refractivity contribution in [1.29, 1.82) is 0 Å². The molecule has 2 saturated heterocycles. The van der Waals surface area contributed by atoms with E-state index in [4.69, 9.17) is 38.5 Å². The fraction of sp³-hybridized carbons (Fsp3) is 0.553. The zero-order chi connectivity index (χ0) is 46.7. The quantitative estimate of drug-likeness (QED) is 0.0403. The van der Waals surface area contributed by atoms with Crippen LogP contribution in [0.3, 0.4) is 0 Å². The van der Waals surface area contributed by atoms with Gasteiger partial charge in [0.2, 0.25) is 0 Å². The first-order valence-electron chi connectivity index (χ1n) is 21.4. The van der Waals surface area contributed by atoms with Crippen molar-refractivity contribution in [3.8, 4) is 0 Å². The number of ether oxygens (including phenoxy) is 4. The van der Waals surface area contributed by atoms with Crippen molar-refractivity contribution in [1.82, 2.24) is 0 Å². The van der Waals surface area contributed by atoms with Crippen molar-refractivity contribution in [3.63, 3.8) is 0 Å². The number of aliphatic hydroxyl groups excluding tert-OH is 1. The van der Waals surface area contributed by atoms with Crippen LogP contribution in [0.2, 0.25) is 0 Å². The molecule has 0 spiro atoms. The molecule has 0 amide bonds. The molecular formula is C47H64LiO15P. The number of allylic oxidation sites excluding steroid dienone is 1. The van der Waals surface area contributed by atoms with E-state index in [1.807, 2.05) is 24.9 Å². The van der Waals surface area contributed by atoms with Gasteiger partial charge < -0.3 is 34.8 Å². The average Bonchev–Trinajstić information content (AvgIpc) is 4.03. The van der Waals surface area contributed by atoms with E-state index < -0.39 is 26.1 Å². The standard InChI is InChI=1S/C22H26O5.C15H14O5.C9H19O2P.CH4O.Li.O2.H/c1-2-3-5-10-16(23)11-12-17-18-13-21(24)26-20(18)14-19(17)27-22(25)15-8-6-4-7-9-15;16-8-11-10-6-14(17)19-12(10)7-13(11)20-15(18)9-4-2-1-3-5-9;1-4-5-6-7-9(10)8-12(3)11-2;1-2;;1-2;/h4,6-9,11-12,17-20H,2-3,5,10,13-14H2,1H3;1-5,8,10-13H,6-7H2;4-8H2,1-3H3;2H,1H3;;;/q;;;;+1;;-1/b12-11+;;;;;;/t17-,18-,19?,20?;10-,11-,12?,13?;;;;;/m11...../s1. The number of benzene rings is 2. The average molecular weight is 907 g/mol. The molecule has 6 rings (SSSR count). The topological polar surface area (TPSA) is 220 Å². The third-order valence-corrected chi connectivity index (χ3v) is 12.5. The summed E-state index contributed by atoms with van der Waals surface area (Å²) in [5.74, 6) is -1.73. The van der Waals surface area contributed by atoms with E-state index in [9.17, 15) is 33.6 Å². The van der Waals surface area contributed by atoms with Gasteiger partial charge in [-0.1, -0.05) is 82.0 Å². The van der Waals surface area contributed by atoms with Crippen molar-refractivity contribution < 1.29 is 82.4 Å². The van der Waals surface area contributed by atoms with Gasteiger partial charge in [0, 0.05) is 75.7 Å². The molecule has 348 valence electrons. The summed E-state index contributed by atoms with van der Waals surface area (Å²) in [7, 11) is 2.18. The van der Waals surface area contributed by atoms with Crippen LogP contribution in [0.1, 0.15) is 113 Å². The number of aliphatic hydroxyl groups is 1. The van der Waals surface area contributed by atoms with Gasteiger partial charge in [-0.2, -0.15) is 0 Å². The van der Waals surface area contributed by atoms with Gasteiger partial charge >= 0.3 is 42.7 Å². The second-order valence-electron chi connectivity index (χ2n) is 15.4. The monoisotopic (exact) mass is 906 g/mol. The summed E-state index contributed by atoms with van der Waals surface area (Å²) >= 11 is 0. The molecule has 2 aliphatic carbocycles. The predicted octanol–water partition coefficient (Wildman–Crippen LogP) is 4.83. The van der Waals surface area contributed by atoms with Crippen LogP contribution in [-0.2, 0) is 47.4 Å². The van der Waals surface area contributed by atoms with E-state index in [0.29, 0.717) is 48.8 Å². The van der Waals surface area contributed by atoms with Crippen LogP contribution in [0.25, 0.3) is 0 Å². The van der Waals surface area contributed by atoms with Gasteiger partial charge in [0.05, 0.1) is 36.0 Å². The first-order valence-corrected chi connectivity index (χ1v) is 23.3. The van der Waals surface area contributed by atoms with Crippen molar-refractivity contribution in [2.24, 2.45) is 23.7 Å². The van der Waals surface area contributed by atoms with Crippen LogP contribution >= 0.6 is 8.15 Å². The molecule has 1 N–H and O–H groups in total. The first kappa shape index (κ1) is 57.6. The first-order chi connectivity index (χ1) is 30.5. The molecule has 2 aromatic rings. The molecule has 2 heterocycles. The van der Waals surface area contributed by atoms with Crippen LogP contribution in [0.15, 0.2) is 72.8 Å².